The highest BCUT2D eigenvalue weighted by atomic mass is 19.1. The summed E-state index contributed by atoms with van der Waals surface area (Å²) in [5.74, 6) is -0.294. The average molecular weight is 229 g/mol. The van der Waals surface area contributed by atoms with Crippen molar-refractivity contribution < 1.29 is 9.18 Å². The van der Waals surface area contributed by atoms with E-state index in [4.69, 9.17) is 0 Å². The van der Waals surface area contributed by atoms with Gasteiger partial charge in [-0.05, 0) is 30.3 Å². The van der Waals surface area contributed by atoms with Crippen LogP contribution in [0.25, 0.3) is 0 Å². The summed E-state index contributed by atoms with van der Waals surface area (Å²) in [6.07, 6.45) is 0.797. The molecule has 0 aliphatic rings. The predicted octanol–water partition coefficient (Wildman–Crippen LogP) is 3.41. The molecule has 0 atom stereocenters. The van der Waals surface area contributed by atoms with Gasteiger partial charge in [-0.25, -0.2) is 4.39 Å². The summed E-state index contributed by atoms with van der Waals surface area (Å²) in [5.41, 5.74) is 2.05. The van der Waals surface area contributed by atoms with E-state index in [2.05, 4.69) is 0 Å². The molecule has 0 saturated carbocycles. The van der Waals surface area contributed by atoms with E-state index < -0.39 is 0 Å². The summed E-state index contributed by atoms with van der Waals surface area (Å²) in [6, 6.07) is 13.5. The summed E-state index contributed by atoms with van der Waals surface area (Å²) >= 11 is 0. The standard InChI is InChI=1S/C14H12FNO/c1-16(13-7-4-6-12(15)9-13)14-8-3-2-5-11(14)10-17/h2-10H,1H3. The van der Waals surface area contributed by atoms with E-state index in [0.717, 1.165) is 12.0 Å². The number of hydrogen-bond donors (Lipinski definition) is 0. The molecule has 2 aromatic rings. The first-order valence-electron chi connectivity index (χ1n) is 5.26. The maximum absolute atomic E-state index is 13.1. The Hall–Kier alpha value is -2.16. The van der Waals surface area contributed by atoms with Gasteiger partial charge >= 0.3 is 0 Å². The SMILES string of the molecule is CN(c1cccc(F)c1)c1ccccc1C=O. The Morgan fingerprint density at radius 1 is 1.12 bits per heavy atom. The third-order valence-corrected chi connectivity index (χ3v) is 2.62. The van der Waals surface area contributed by atoms with Gasteiger partial charge in [0.05, 0.1) is 5.69 Å². The highest BCUT2D eigenvalue weighted by molar-refractivity contribution is 5.86. The Morgan fingerprint density at radius 3 is 2.59 bits per heavy atom. The topological polar surface area (TPSA) is 20.3 Å². The van der Waals surface area contributed by atoms with Gasteiger partial charge in [-0.2, -0.15) is 0 Å². The van der Waals surface area contributed by atoms with Gasteiger partial charge in [0, 0.05) is 18.3 Å². The number of carbonyl (C=O) groups is 1. The maximum Gasteiger partial charge on any atom is 0.152 e. The van der Waals surface area contributed by atoms with Crippen molar-refractivity contribution in [1.82, 2.24) is 0 Å². The van der Waals surface area contributed by atoms with Crippen LogP contribution < -0.4 is 4.90 Å². The molecule has 86 valence electrons. The van der Waals surface area contributed by atoms with Gasteiger partial charge in [0.15, 0.2) is 6.29 Å². The fourth-order valence-corrected chi connectivity index (χ4v) is 1.72. The lowest BCUT2D eigenvalue weighted by Crippen LogP contribution is -2.11. The first-order valence-corrected chi connectivity index (χ1v) is 5.26. The van der Waals surface area contributed by atoms with Gasteiger partial charge in [-0.3, -0.25) is 4.79 Å². The Balaban J connectivity index is 2.43. The van der Waals surface area contributed by atoms with Gasteiger partial charge < -0.3 is 4.90 Å². The van der Waals surface area contributed by atoms with E-state index in [-0.39, 0.29) is 5.82 Å². The molecule has 0 aromatic heterocycles. The third kappa shape index (κ3) is 2.33. The Morgan fingerprint density at radius 2 is 1.88 bits per heavy atom. The minimum Gasteiger partial charge on any atom is -0.344 e. The van der Waals surface area contributed by atoms with Crippen LogP contribution >= 0.6 is 0 Å². The largest absolute Gasteiger partial charge is 0.344 e. The number of rotatable bonds is 3. The van der Waals surface area contributed by atoms with Crippen LogP contribution in [0.1, 0.15) is 10.4 Å². The minimum absolute atomic E-state index is 0.294. The van der Waals surface area contributed by atoms with Crippen molar-refractivity contribution in [3.63, 3.8) is 0 Å². The molecule has 0 spiro atoms. The number of hydrogen-bond acceptors (Lipinski definition) is 2. The van der Waals surface area contributed by atoms with Crippen LogP contribution in [-0.2, 0) is 0 Å². The second-order valence-corrected chi connectivity index (χ2v) is 3.72. The smallest absolute Gasteiger partial charge is 0.152 e. The molecule has 0 fully saturated rings. The molecular formula is C14H12FNO. The molecule has 0 unspecified atom stereocenters. The van der Waals surface area contributed by atoms with Crippen molar-refractivity contribution in [2.24, 2.45) is 0 Å². The fraction of sp³-hybridized carbons (Fsp3) is 0.0714. The molecule has 0 heterocycles. The van der Waals surface area contributed by atoms with Gasteiger partial charge in [-0.15, -0.1) is 0 Å². The van der Waals surface area contributed by atoms with Gasteiger partial charge in [0.25, 0.3) is 0 Å². The predicted molar refractivity (Wildman–Crippen MR) is 66.3 cm³/mol. The van der Waals surface area contributed by atoms with Crippen LogP contribution in [-0.4, -0.2) is 13.3 Å². The van der Waals surface area contributed by atoms with E-state index in [1.54, 1.807) is 36.2 Å². The summed E-state index contributed by atoms with van der Waals surface area (Å²) in [6.45, 7) is 0. The molecule has 2 nitrogen and oxygen atoms in total. The summed E-state index contributed by atoms with van der Waals surface area (Å²) in [5, 5.41) is 0. The van der Waals surface area contributed by atoms with E-state index in [1.165, 1.54) is 12.1 Å². The van der Waals surface area contributed by atoms with Crippen LogP contribution in [0, 0.1) is 5.82 Å². The van der Waals surface area contributed by atoms with E-state index >= 15 is 0 Å². The molecule has 0 saturated heterocycles. The Bertz CT molecular complexity index is 539. The quantitative estimate of drug-likeness (QED) is 0.752. The van der Waals surface area contributed by atoms with Crippen molar-refractivity contribution >= 4 is 17.7 Å². The fourth-order valence-electron chi connectivity index (χ4n) is 1.72. The van der Waals surface area contributed by atoms with E-state index in [9.17, 15) is 9.18 Å². The van der Waals surface area contributed by atoms with Crippen LogP contribution in [0.3, 0.4) is 0 Å². The molecule has 0 amide bonds. The molecule has 3 heteroatoms. The monoisotopic (exact) mass is 229 g/mol. The lowest BCUT2D eigenvalue weighted by Gasteiger charge is -2.20. The van der Waals surface area contributed by atoms with E-state index in [0.29, 0.717) is 11.3 Å². The molecule has 0 radical (unpaired) electrons. The normalized spacial score (nSPS) is 10.0. The molecule has 0 bridgehead atoms. The van der Waals surface area contributed by atoms with Gasteiger partial charge in [0.2, 0.25) is 0 Å². The molecule has 0 aliphatic heterocycles. The molecule has 2 rings (SSSR count). The number of benzene rings is 2. The second-order valence-electron chi connectivity index (χ2n) is 3.72. The van der Waals surface area contributed by atoms with E-state index in [1.807, 2.05) is 12.1 Å². The molecule has 2 aromatic carbocycles. The average Bonchev–Trinajstić information content (AvgIpc) is 2.38. The number of anilines is 2. The third-order valence-electron chi connectivity index (χ3n) is 2.62. The number of halogens is 1. The molecular weight excluding hydrogens is 217 g/mol. The minimum atomic E-state index is -0.294. The zero-order chi connectivity index (χ0) is 12.3. The van der Waals surface area contributed by atoms with Crippen LogP contribution in [0.5, 0.6) is 0 Å². The summed E-state index contributed by atoms with van der Waals surface area (Å²) in [7, 11) is 1.80. The van der Waals surface area contributed by atoms with Gasteiger partial charge in [-0.1, -0.05) is 18.2 Å². The zero-order valence-electron chi connectivity index (χ0n) is 9.43. The highest BCUT2D eigenvalue weighted by Crippen LogP contribution is 2.26. The van der Waals surface area contributed by atoms with Crippen LogP contribution in [0.15, 0.2) is 48.5 Å². The molecule has 17 heavy (non-hydrogen) atoms. The van der Waals surface area contributed by atoms with Crippen molar-refractivity contribution in [2.75, 3.05) is 11.9 Å². The lowest BCUT2D eigenvalue weighted by molar-refractivity contribution is 0.112. The lowest BCUT2D eigenvalue weighted by atomic mass is 10.1. The second kappa shape index (κ2) is 4.78. The highest BCUT2D eigenvalue weighted by Gasteiger charge is 2.08. The number of aldehydes is 1. The number of carbonyl (C=O) groups excluding carboxylic acids is 1. The van der Waals surface area contributed by atoms with Crippen molar-refractivity contribution in [3.05, 3.63) is 59.9 Å². The van der Waals surface area contributed by atoms with Crippen molar-refractivity contribution in [2.45, 2.75) is 0 Å². The summed E-state index contributed by atoms with van der Waals surface area (Å²) < 4.78 is 13.1. The number of nitrogens with zero attached hydrogens (tertiary/aromatic N) is 1. The summed E-state index contributed by atoms with van der Waals surface area (Å²) in [4.78, 5) is 12.7. The van der Waals surface area contributed by atoms with Crippen LogP contribution in [0.2, 0.25) is 0 Å². The first-order chi connectivity index (χ1) is 8.22. The Kier molecular flexibility index (Phi) is 3.19. The molecule has 0 aliphatic carbocycles. The van der Waals surface area contributed by atoms with Gasteiger partial charge in [0.1, 0.15) is 5.82 Å². The number of para-hydroxylation sites is 1. The Labute approximate surface area is 99.3 Å². The van der Waals surface area contributed by atoms with Crippen LogP contribution in [0.4, 0.5) is 15.8 Å². The van der Waals surface area contributed by atoms with Crippen molar-refractivity contribution in [3.8, 4) is 0 Å². The first kappa shape index (κ1) is 11.3. The van der Waals surface area contributed by atoms with Crippen molar-refractivity contribution in [1.29, 1.82) is 0 Å². The molecule has 0 N–H and O–H groups in total. The zero-order valence-corrected chi connectivity index (χ0v) is 9.43. The maximum atomic E-state index is 13.1.